The van der Waals surface area contributed by atoms with Crippen LogP contribution in [-0.2, 0) is 6.54 Å². The molecule has 29 heavy (non-hydrogen) atoms. The highest BCUT2D eigenvalue weighted by molar-refractivity contribution is 5.83. The summed E-state index contributed by atoms with van der Waals surface area (Å²) in [6.45, 7) is 4.76. The van der Waals surface area contributed by atoms with E-state index in [1.807, 2.05) is 0 Å². The SMILES string of the molecule is COc1ccc(Oc2coc3c(CN4CCC(C)CC4)c(O)ccc3c2=O)cc1. The number of methoxy groups -OCH3 is 1. The van der Waals surface area contributed by atoms with Crippen LogP contribution in [0.15, 0.2) is 51.9 Å². The maximum Gasteiger partial charge on any atom is 0.235 e. The number of likely N-dealkylation sites (tertiary alicyclic amines) is 1. The molecule has 2 heterocycles. The van der Waals surface area contributed by atoms with Gasteiger partial charge in [-0.3, -0.25) is 9.69 Å². The van der Waals surface area contributed by atoms with E-state index in [1.165, 1.54) is 6.26 Å². The average Bonchev–Trinajstić information content (AvgIpc) is 2.74. The molecule has 1 aliphatic heterocycles. The molecule has 0 bridgehead atoms. The third-order valence-electron chi connectivity index (χ3n) is 5.53. The highest BCUT2D eigenvalue weighted by Gasteiger charge is 2.20. The molecule has 4 rings (SSSR count). The van der Waals surface area contributed by atoms with Gasteiger partial charge in [-0.1, -0.05) is 6.92 Å². The predicted octanol–water partition coefficient (Wildman–Crippen LogP) is 4.53. The number of hydrogen-bond acceptors (Lipinski definition) is 6. The summed E-state index contributed by atoms with van der Waals surface area (Å²) >= 11 is 0. The van der Waals surface area contributed by atoms with Crippen LogP contribution in [0.4, 0.5) is 0 Å². The van der Waals surface area contributed by atoms with Crippen LogP contribution in [0.2, 0.25) is 0 Å². The van der Waals surface area contributed by atoms with Gasteiger partial charge in [-0.25, -0.2) is 0 Å². The smallest absolute Gasteiger partial charge is 0.235 e. The van der Waals surface area contributed by atoms with Crippen molar-refractivity contribution < 1.29 is 19.0 Å². The number of rotatable bonds is 5. The zero-order valence-corrected chi connectivity index (χ0v) is 16.7. The minimum absolute atomic E-state index is 0.103. The first-order chi connectivity index (χ1) is 14.0. The molecular formula is C23H25NO5. The van der Waals surface area contributed by atoms with Crippen LogP contribution < -0.4 is 14.9 Å². The van der Waals surface area contributed by atoms with Crippen LogP contribution in [0.3, 0.4) is 0 Å². The Morgan fingerprint density at radius 2 is 1.79 bits per heavy atom. The first kappa shape index (κ1) is 19.3. The van der Waals surface area contributed by atoms with Crippen LogP contribution in [0, 0.1) is 5.92 Å². The molecule has 3 aromatic rings. The summed E-state index contributed by atoms with van der Waals surface area (Å²) in [5.41, 5.74) is 0.788. The molecule has 0 amide bonds. The standard InChI is InChI=1S/C23H25NO5/c1-15-9-11-24(12-10-15)13-19-20(25)8-7-18-22(26)21(14-28-23(18)19)29-17-5-3-16(27-2)4-6-17/h3-8,14-15,25H,9-13H2,1-2H3. The second kappa shape index (κ2) is 8.17. The quantitative estimate of drug-likeness (QED) is 0.684. The predicted molar refractivity (Wildman–Crippen MR) is 111 cm³/mol. The Kier molecular flexibility index (Phi) is 5.45. The third-order valence-corrected chi connectivity index (χ3v) is 5.53. The molecule has 0 unspecified atom stereocenters. The summed E-state index contributed by atoms with van der Waals surface area (Å²) in [4.78, 5) is 15.2. The van der Waals surface area contributed by atoms with Gasteiger partial charge >= 0.3 is 0 Å². The van der Waals surface area contributed by atoms with Gasteiger partial charge in [0.15, 0.2) is 0 Å². The number of piperidine rings is 1. The van der Waals surface area contributed by atoms with E-state index in [2.05, 4.69) is 11.8 Å². The molecule has 0 saturated carbocycles. The maximum atomic E-state index is 12.9. The van der Waals surface area contributed by atoms with E-state index in [1.54, 1.807) is 43.5 Å². The number of hydrogen-bond donors (Lipinski definition) is 1. The Bertz CT molecular complexity index is 1050. The van der Waals surface area contributed by atoms with Crippen molar-refractivity contribution in [1.29, 1.82) is 0 Å². The van der Waals surface area contributed by atoms with E-state index in [4.69, 9.17) is 13.9 Å². The lowest BCUT2D eigenvalue weighted by Crippen LogP contribution is -2.32. The second-order valence-electron chi connectivity index (χ2n) is 7.61. The monoisotopic (exact) mass is 395 g/mol. The Hall–Kier alpha value is -2.99. The van der Waals surface area contributed by atoms with Gasteiger partial charge in [0.2, 0.25) is 11.2 Å². The van der Waals surface area contributed by atoms with Gasteiger partial charge in [0.05, 0.1) is 18.1 Å². The van der Waals surface area contributed by atoms with Crippen LogP contribution in [0.5, 0.6) is 23.0 Å². The molecule has 6 nitrogen and oxygen atoms in total. The van der Waals surface area contributed by atoms with Crippen molar-refractivity contribution >= 4 is 11.0 Å². The number of fused-ring (bicyclic) bond motifs is 1. The fraction of sp³-hybridized carbons (Fsp3) is 0.348. The number of ether oxygens (including phenoxy) is 2. The fourth-order valence-corrected chi connectivity index (χ4v) is 3.67. The van der Waals surface area contributed by atoms with Crippen molar-refractivity contribution in [1.82, 2.24) is 4.90 Å². The highest BCUT2D eigenvalue weighted by atomic mass is 16.5. The zero-order valence-electron chi connectivity index (χ0n) is 16.7. The van der Waals surface area contributed by atoms with Crippen LogP contribution in [0.1, 0.15) is 25.3 Å². The summed E-state index contributed by atoms with van der Waals surface area (Å²) in [5, 5.41) is 10.8. The fourth-order valence-electron chi connectivity index (χ4n) is 3.67. The molecule has 0 radical (unpaired) electrons. The van der Waals surface area contributed by atoms with Crippen molar-refractivity contribution in [3.63, 3.8) is 0 Å². The minimum atomic E-state index is -0.268. The third kappa shape index (κ3) is 4.07. The average molecular weight is 395 g/mol. The molecule has 0 spiro atoms. The van der Waals surface area contributed by atoms with Gasteiger partial charge in [-0.2, -0.15) is 0 Å². The first-order valence-electron chi connectivity index (χ1n) is 9.85. The lowest BCUT2D eigenvalue weighted by atomic mass is 9.98. The first-order valence-corrected chi connectivity index (χ1v) is 9.85. The molecule has 6 heteroatoms. The number of phenolic OH excluding ortho intramolecular Hbond substituents is 1. The summed E-state index contributed by atoms with van der Waals surface area (Å²) in [6.07, 6.45) is 3.58. The number of phenols is 1. The summed E-state index contributed by atoms with van der Waals surface area (Å²) in [7, 11) is 1.59. The van der Waals surface area contributed by atoms with E-state index in [0.29, 0.717) is 34.6 Å². The summed E-state index contributed by atoms with van der Waals surface area (Å²) in [5.74, 6) is 2.19. The zero-order chi connectivity index (χ0) is 20.4. The molecule has 0 atom stereocenters. The van der Waals surface area contributed by atoms with Crippen molar-refractivity contribution in [3.05, 3.63) is 58.4 Å². The maximum absolute atomic E-state index is 12.9. The number of benzene rings is 2. The van der Waals surface area contributed by atoms with E-state index in [9.17, 15) is 9.90 Å². The van der Waals surface area contributed by atoms with Crippen molar-refractivity contribution in [3.8, 4) is 23.0 Å². The molecule has 0 aliphatic carbocycles. The summed E-state index contributed by atoms with van der Waals surface area (Å²) < 4.78 is 16.6. The lowest BCUT2D eigenvalue weighted by Gasteiger charge is -2.30. The topological polar surface area (TPSA) is 72.1 Å². The Morgan fingerprint density at radius 1 is 1.10 bits per heavy atom. The van der Waals surface area contributed by atoms with Gasteiger partial charge in [0.25, 0.3) is 0 Å². The molecule has 152 valence electrons. The molecule has 1 aromatic heterocycles. The van der Waals surface area contributed by atoms with E-state index >= 15 is 0 Å². The molecular weight excluding hydrogens is 370 g/mol. The molecule has 2 aromatic carbocycles. The molecule has 1 N–H and O–H groups in total. The Morgan fingerprint density at radius 3 is 2.48 bits per heavy atom. The van der Waals surface area contributed by atoms with Gasteiger partial charge in [0, 0.05) is 6.54 Å². The van der Waals surface area contributed by atoms with E-state index in [0.717, 1.165) is 31.8 Å². The second-order valence-corrected chi connectivity index (χ2v) is 7.61. The highest BCUT2D eigenvalue weighted by Crippen LogP contribution is 2.31. The minimum Gasteiger partial charge on any atom is -0.507 e. The largest absolute Gasteiger partial charge is 0.507 e. The van der Waals surface area contributed by atoms with Crippen LogP contribution in [-0.4, -0.2) is 30.2 Å². The van der Waals surface area contributed by atoms with Gasteiger partial charge in [0.1, 0.15) is 29.1 Å². The van der Waals surface area contributed by atoms with E-state index < -0.39 is 0 Å². The Balaban J connectivity index is 1.64. The van der Waals surface area contributed by atoms with Crippen molar-refractivity contribution in [2.45, 2.75) is 26.3 Å². The van der Waals surface area contributed by atoms with E-state index in [-0.39, 0.29) is 16.9 Å². The van der Waals surface area contributed by atoms with Gasteiger partial charge < -0.3 is 19.0 Å². The molecule has 1 saturated heterocycles. The number of aromatic hydroxyl groups is 1. The van der Waals surface area contributed by atoms with Crippen molar-refractivity contribution in [2.24, 2.45) is 5.92 Å². The van der Waals surface area contributed by atoms with Gasteiger partial charge in [-0.05, 0) is 68.2 Å². The van der Waals surface area contributed by atoms with Gasteiger partial charge in [-0.15, -0.1) is 0 Å². The number of nitrogens with zero attached hydrogens (tertiary/aromatic N) is 1. The Labute approximate surface area is 169 Å². The molecule has 1 aliphatic rings. The van der Waals surface area contributed by atoms with Crippen molar-refractivity contribution in [2.75, 3.05) is 20.2 Å². The lowest BCUT2D eigenvalue weighted by molar-refractivity contribution is 0.184. The summed E-state index contributed by atoms with van der Waals surface area (Å²) in [6, 6.07) is 10.1. The van der Waals surface area contributed by atoms with Crippen LogP contribution in [0.25, 0.3) is 11.0 Å². The molecule has 1 fully saturated rings. The van der Waals surface area contributed by atoms with Crippen LogP contribution >= 0.6 is 0 Å². The normalized spacial score (nSPS) is 15.5.